The van der Waals surface area contributed by atoms with Crippen LogP contribution in [-0.2, 0) is 21.3 Å². The minimum absolute atomic E-state index is 0.0789. The molecule has 2 heterocycles. The third-order valence-corrected chi connectivity index (χ3v) is 5.37. The molecule has 1 aromatic carbocycles. The first kappa shape index (κ1) is 18.1. The van der Waals surface area contributed by atoms with Crippen LogP contribution >= 0.6 is 11.6 Å². The van der Waals surface area contributed by atoms with E-state index in [1.165, 1.54) is 12.1 Å². The van der Waals surface area contributed by atoms with Crippen molar-refractivity contribution < 1.29 is 13.2 Å². The molecule has 1 aliphatic rings. The molecule has 0 aliphatic carbocycles. The van der Waals surface area contributed by atoms with Crippen molar-refractivity contribution in [3.63, 3.8) is 0 Å². The van der Waals surface area contributed by atoms with Gasteiger partial charge in [-0.15, -0.1) is 0 Å². The SMILES string of the molecule is Cc1cc(CNS(=O)(=O)c2cccc(Cl)c2)nc(N2CCOCC2)n1. The van der Waals surface area contributed by atoms with E-state index in [0.29, 0.717) is 29.9 Å². The molecule has 0 atom stereocenters. The lowest BCUT2D eigenvalue weighted by atomic mass is 10.3. The molecule has 0 saturated carbocycles. The molecule has 9 heteroatoms. The Morgan fingerprint density at radius 1 is 1.24 bits per heavy atom. The van der Waals surface area contributed by atoms with E-state index in [2.05, 4.69) is 14.7 Å². The number of anilines is 1. The second-order valence-electron chi connectivity index (χ2n) is 5.68. The number of ether oxygens (including phenoxy) is 1. The van der Waals surface area contributed by atoms with Gasteiger partial charge in [-0.2, -0.15) is 0 Å². The van der Waals surface area contributed by atoms with Gasteiger partial charge >= 0.3 is 0 Å². The van der Waals surface area contributed by atoms with E-state index < -0.39 is 10.0 Å². The zero-order chi connectivity index (χ0) is 17.9. The predicted molar refractivity (Wildman–Crippen MR) is 95.3 cm³/mol. The number of benzene rings is 1. The molecular formula is C16H19ClN4O3S. The van der Waals surface area contributed by atoms with Crippen molar-refractivity contribution in [2.45, 2.75) is 18.4 Å². The van der Waals surface area contributed by atoms with Crippen molar-refractivity contribution in [2.75, 3.05) is 31.2 Å². The van der Waals surface area contributed by atoms with Gasteiger partial charge in [0.25, 0.3) is 0 Å². The number of hydrogen-bond donors (Lipinski definition) is 1. The van der Waals surface area contributed by atoms with Crippen molar-refractivity contribution in [3.05, 3.63) is 46.7 Å². The number of rotatable bonds is 5. The first-order valence-electron chi connectivity index (χ1n) is 7.86. The smallest absolute Gasteiger partial charge is 0.240 e. The standard InChI is InChI=1S/C16H19ClN4O3S/c1-12-9-14(20-16(19-12)21-5-7-24-8-6-21)11-18-25(22,23)15-4-2-3-13(17)10-15/h2-4,9-10,18H,5-8,11H2,1H3. The summed E-state index contributed by atoms with van der Waals surface area (Å²) in [5.74, 6) is 0.597. The van der Waals surface area contributed by atoms with Gasteiger partial charge in [0.1, 0.15) is 0 Å². The summed E-state index contributed by atoms with van der Waals surface area (Å²) in [4.78, 5) is 11.1. The summed E-state index contributed by atoms with van der Waals surface area (Å²) in [5.41, 5.74) is 1.40. The van der Waals surface area contributed by atoms with Gasteiger partial charge in [-0.1, -0.05) is 17.7 Å². The Morgan fingerprint density at radius 3 is 2.72 bits per heavy atom. The Kier molecular flexibility index (Phi) is 5.53. The average molecular weight is 383 g/mol. The molecular weight excluding hydrogens is 364 g/mol. The summed E-state index contributed by atoms with van der Waals surface area (Å²) in [5, 5.41) is 0.371. The van der Waals surface area contributed by atoms with Crippen molar-refractivity contribution in [2.24, 2.45) is 0 Å². The molecule has 134 valence electrons. The molecule has 0 amide bonds. The maximum Gasteiger partial charge on any atom is 0.240 e. The van der Waals surface area contributed by atoms with Crippen LogP contribution in [0.4, 0.5) is 5.95 Å². The fourth-order valence-electron chi connectivity index (χ4n) is 2.50. The van der Waals surface area contributed by atoms with Crippen LogP contribution in [0.1, 0.15) is 11.4 Å². The third-order valence-electron chi connectivity index (χ3n) is 3.74. The molecule has 1 N–H and O–H groups in total. The van der Waals surface area contributed by atoms with E-state index >= 15 is 0 Å². The van der Waals surface area contributed by atoms with E-state index in [9.17, 15) is 8.42 Å². The van der Waals surface area contributed by atoms with E-state index in [4.69, 9.17) is 16.3 Å². The summed E-state index contributed by atoms with van der Waals surface area (Å²) in [6.07, 6.45) is 0. The molecule has 0 radical (unpaired) electrons. The van der Waals surface area contributed by atoms with Crippen LogP contribution in [0.3, 0.4) is 0 Å². The summed E-state index contributed by atoms with van der Waals surface area (Å²) in [6, 6.07) is 7.91. The van der Waals surface area contributed by atoms with Crippen molar-refractivity contribution >= 4 is 27.6 Å². The highest BCUT2D eigenvalue weighted by Gasteiger charge is 2.17. The molecule has 1 saturated heterocycles. The number of morpholine rings is 1. The summed E-state index contributed by atoms with van der Waals surface area (Å²) in [6.45, 7) is 4.65. The quantitative estimate of drug-likeness (QED) is 0.848. The van der Waals surface area contributed by atoms with Gasteiger partial charge < -0.3 is 9.64 Å². The van der Waals surface area contributed by atoms with Crippen LogP contribution in [0.15, 0.2) is 35.2 Å². The molecule has 0 unspecified atom stereocenters. The lowest BCUT2D eigenvalue weighted by molar-refractivity contribution is 0.122. The largest absolute Gasteiger partial charge is 0.378 e. The molecule has 7 nitrogen and oxygen atoms in total. The van der Waals surface area contributed by atoms with Crippen LogP contribution in [0, 0.1) is 6.92 Å². The first-order valence-corrected chi connectivity index (χ1v) is 9.73. The Labute approximate surface area is 152 Å². The number of nitrogens with one attached hydrogen (secondary N) is 1. The molecule has 1 aliphatic heterocycles. The minimum Gasteiger partial charge on any atom is -0.378 e. The number of hydrogen-bond acceptors (Lipinski definition) is 6. The van der Waals surface area contributed by atoms with E-state index in [1.54, 1.807) is 18.2 Å². The van der Waals surface area contributed by atoms with E-state index in [0.717, 1.165) is 18.8 Å². The highest BCUT2D eigenvalue weighted by Crippen LogP contribution is 2.16. The fourth-order valence-corrected chi connectivity index (χ4v) is 3.80. The Morgan fingerprint density at radius 2 is 2.00 bits per heavy atom. The van der Waals surface area contributed by atoms with Gasteiger partial charge in [-0.25, -0.2) is 23.1 Å². The van der Waals surface area contributed by atoms with E-state index in [-0.39, 0.29) is 11.4 Å². The van der Waals surface area contributed by atoms with Crippen LogP contribution in [0.5, 0.6) is 0 Å². The van der Waals surface area contributed by atoms with Crippen molar-refractivity contribution in [1.29, 1.82) is 0 Å². The lowest BCUT2D eigenvalue weighted by Gasteiger charge is -2.27. The molecule has 3 rings (SSSR count). The summed E-state index contributed by atoms with van der Waals surface area (Å²) < 4.78 is 32.7. The van der Waals surface area contributed by atoms with Gasteiger partial charge in [0, 0.05) is 23.8 Å². The van der Waals surface area contributed by atoms with Crippen LogP contribution in [0.25, 0.3) is 0 Å². The normalized spacial score (nSPS) is 15.4. The fraction of sp³-hybridized carbons (Fsp3) is 0.375. The Hall–Kier alpha value is -1.74. The number of halogens is 1. The van der Waals surface area contributed by atoms with Crippen LogP contribution < -0.4 is 9.62 Å². The number of aryl methyl sites for hydroxylation is 1. The van der Waals surface area contributed by atoms with Gasteiger partial charge in [0.2, 0.25) is 16.0 Å². The Bertz CT molecular complexity index is 854. The monoisotopic (exact) mass is 382 g/mol. The predicted octanol–water partition coefficient (Wildman–Crippen LogP) is 1.75. The third kappa shape index (κ3) is 4.66. The highest BCUT2D eigenvalue weighted by molar-refractivity contribution is 7.89. The molecule has 0 spiro atoms. The van der Waals surface area contributed by atoms with Gasteiger partial charge in [-0.3, -0.25) is 0 Å². The zero-order valence-electron chi connectivity index (χ0n) is 13.8. The van der Waals surface area contributed by atoms with Crippen molar-refractivity contribution in [3.8, 4) is 0 Å². The number of aromatic nitrogens is 2. The second-order valence-corrected chi connectivity index (χ2v) is 7.89. The maximum absolute atomic E-state index is 12.4. The second kappa shape index (κ2) is 7.65. The molecule has 25 heavy (non-hydrogen) atoms. The first-order chi connectivity index (χ1) is 11.9. The summed E-state index contributed by atoms with van der Waals surface area (Å²) >= 11 is 5.87. The van der Waals surface area contributed by atoms with Gasteiger partial charge in [0.05, 0.1) is 30.3 Å². The minimum atomic E-state index is -3.66. The average Bonchev–Trinajstić information content (AvgIpc) is 2.60. The zero-order valence-corrected chi connectivity index (χ0v) is 15.3. The van der Waals surface area contributed by atoms with Crippen LogP contribution in [0.2, 0.25) is 5.02 Å². The highest BCUT2D eigenvalue weighted by atomic mass is 35.5. The number of sulfonamides is 1. The maximum atomic E-state index is 12.4. The Balaban J connectivity index is 1.75. The van der Waals surface area contributed by atoms with Gasteiger partial charge in [0.15, 0.2) is 0 Å². The molecule has 0 bridgehead atoms. The van der Waals surface area contributed by atoms with Crippen LogP contribution in [-0.4, -0.2) is 44.7 Å². The molecule has 2 aromatic rings. The van der Waals surface area contributed by atoms with Crippen molar-refractivity contribution in [1.82, 2.24) is 14.7 Å². The topological polar surface area (TPSA) is 84.4 Å². The molecule has 1 fully saturated rings. The number of nitrogens with zero attached hydrogens (tertiary/aromatic N) is 3. The molecule has 1 aromatic heterocycles. The van der Waals surface area contributed by atoms with E-state index in [1.807, 2.05) is 11.8 Å². The summed E-state index contributed by atoms with van der Waals surface area (Å²) in [7, 11) is -3.66. The van der Waals surface area contributed by atoms with Gasteiger partial charge in [-0.05, 0) is 31.2 Å². The lowest BCUT2D eigenvalue weighted by Crippen LogP contribution is -2.37.